The maximum Gasteiger partial charge on any atom is 0.472 e. The van der Waals surface area contributed by atoms with Crippen molar-refractivity contribution in [1.29, 1.82) is 0 Å². The molecule has 0 fully saturated rings. The summed E-state index contributed by atoms with van der Waals surface area (Å²) < 4.78 is 69.0. The van der Waals surface area contributed by atoms with Crippen LogP contribution in [0.25, 0.3) is 0 Å². The summed E-state index contributed by atoms with van der Waals surface area (Å²) in [6, 6.07) is 0. The molecule has 0 saturated heterocycles. The molecule has 0 saturated carbocycles. The van der Waals surface area contributed by atoms with Gasteiger partial charge in [0.25, 0.3) is 0 Å². The zero-order valence-electron chi connectivity index (χ0n) is 70.3. The van der Waals surface area contributed by atoms with Gasteiger partial charge in [0, 0.05) is 25.7 Å². The molecule has 19 heteroatoms. The molecule has 0 radical (unpaired) electrons. The Hall–Kier alpha value is -1.94. The van der Waals surface area contributed by atoms with Crippen LogP contribution in [0, 0.1) is 5.92 Å². The number of unbranched alkanes of at least 4 members (excludes halogenated alkanes) is 59. The van der Waals surface area contributed by atoms with Crippen LogP contribution in [0.5, 0.6) is 0 Å². The number of carbonyl (C=O) groups is 4. The molecule has 0 aromatic rings. The minimum absolute atomic E-state index is 0.109. The van der Waals surface area contributed by atoms with Crippen LogP contribution in [0.15, 0.2) is 0 Å². The number of aliphatic hydroxyl groups is 1. The third-order valence-electron chi connectivity index (χ3n) is 21.1. The van der Waals surface area contributed by atoms with Crippen LogP contribution in [0.3, 0.4) is 0 Å². The highest BCUT2D eigenvalue weighted by Crippen LogP contribution is 2.45. The second kappa shape index (κ2) is 80.7. The van der Waals surface area contributed by atoms with Gasteiger partial charge in [-0.05, 0) is 31.6 Å². The summed E-state index contributed by atoms with van der Waals surface area (Å²) in [6.07, 6.45) is 74.9. The molecule has 3 unspecified atom stereocenters. The highest BCUT2D eigenvalue weighted by atomic mass is 31.2. The smallest absolute Gasteiger partial charge is 0.462 e. The van der Waals surface area contributed by atoms with E-state index in [1.54, 1.807) is 0 Å². The lowest BCUT2D eigenvalue weighted by Gasteiger charge is -2.21. The molecule has 17 nitrogen and oxygen atoms in total. The predicted octanol–water partition coefficient (Wildman–Crippen LogP) is 27.2. The zero-order valence-corrected chi connectivity index (χ0v) is 72.1. The lowest BCUT2D eigenvalue weighted by Crippen LogP contribution is -2.30. The summed E-state index contributed by atoms with van der Waals surface area (Å²) in [5.74, 6) is -1.32. The van der Waals surface area contributed by atoms with E-state index in [4.69, 9.17) is 37.0 Å². The van der Waals surface area contributed by atoms with Crippen molar-refractivity contribution in [2.24, 2.45) is 5.92 Å². The molecule has 0 amide bonds. The molecule has 0 bridgehead atoms. The number of rotatable bonds is 88. The van der Waals surface area contributed by atoms with E-state index in [0.29, 0.717) is 25.7 Å². The Balaban J connectivity index is 5.25. The van der Waals surface area contributed by atoms with Crippen LogP contribution in [0.2, 0.25) is 0 Å². The molecule has 0 spiro atoms. The number of hydrogen-bond donors (Lipinski definition) is 3. The summed E-state index contributed by atoms with van der Waals surface area (Å²) in [7, 11) is -9.93. The standard InChI is InChI=1S/C88H172O17P2/c1-6-10-13-16-19-22-25-28-31-34-36-37-40-43-46-49-52-59-64-69-73-87(92)104-83(77-98-85(90)71-66-61-56-50-47-44-41-39-35-32-29-26-23-20-17-14-11-7-2)79-102-106(94,95)100-75-82(89)76-101-107(96,97)103-80-84(78-99-86(91)72-67-62-57-54-53-55-60-65-70-81(5)9-4)105-88(93)74-68-63-58-51-48-45-42-38-33-30-27-24-21-18-15-12-8-3/h81-84,89H,6-80H2,1-5H3,(H,94,95)(H,96,97)/t81?,82-,83-,84-/m1/s1. The van der Waals surface area contributed by atoms with E-state index < -0.39 is 97.5 Å². The van der Waals surface area contributed by atoms with Crippen LogP contribution in [-0.4, -0.2) is 96.7 Å². The highest BCUT2D eigenvalue weighted by molar-refractivity contribution is 7.47. The summed E-state index contributed by atoms with van der Waals surface area (Å²) >= 11 is 0. The maximum absolute atomic E-state index is 13.2. The SMILES string of the molecule is CCCCCCCCCCCCCCCCCCCCCCC(=O)O[C@H](COC(=O)CCCCCCCCCCCCCCCCCCCC)COP(=O)(O)OC[C@@H](O)COP(=O)(O)OC[C@@H](COC(=O)CCCCCCCCCCC(C)CC)OC(=O)CCCCCCCCCCCCCCCCCCC. The lowest BCUT2D eigenvalue weighted by atomic mass is 9.99. The van der Waals surface area contributed by atoms with E-state index in [2.05, 4.69) is 34.6 Å². The average molecular weight is 1560 g/mol. The molecule has 0 aromatic carbocycles. The van der Waals surface area contributed by atoms with Gasteiger partial charge in [-0.3, -0.25) is 37.3 Å². The van der Waals surface area contributed by atoms with E-state index in [1.165, 1.54) is 302 Å². The first-order valence-electron chi connectivity index (χ1n) is 45.7. The normalized spacial score (nSPS) is 14.0. The van der Waals surface area contributed by atoms with Crippen LogP contribution in [-0.2, 0) is 65.4 Å². The first-order valence-corrected chi connectivity index (χ1v) is 48.7. The van der Waals surface area contributed by atoms with Gasteiger partial charge in [-0.1, -0.05) is 426 Å². The molecule has 0 aliphatic carbocycles. The largest absolute Gasteiger partial charge is 0.472 e. The number of ether oxygens (including phenoxy) is 4. The lowest BCUT2D eigenvalue weighted by molar-refractivity contribution is -0.161. The molecule has 0 heterocycles. The Kier molecular flexibility index (Phi) is 79.2. The molecule has 107 heavy (non-hydrogen) atoms. The monoisotopic (exact) mass is 1560 g/mol. The Morgan fingerprint density at radius 3 is 0.664 bits per heavy atom. The first-order chi connectivity index (χ1) is 52.1. The minimum Gasteiger partial charge on any atom is -0.462 e. The van der Waals surface area contributed by atoms with Gasteiger partial charge in [-0.15, -0.1) is 0 Å². The Labute approximate surface area is 658 Å². The van der Waals surface area contributed by atoms with Gasteiger partial charge >= 0.3 is 39.5 Å². The van der Waals surface area contributed by atoms with Crippen molar-refractivity contribution < 1.29 is 80.2 Å². The summed E-state index contributed by atoms with van der Waals surface area (Å²) in [5.41, 5.74) is 0. The number of hydrogen-bond acceptors (Lipinski definition) is 15. The van der Waals surface area contributed by atoms with E-state index >= 15 is 0 Å². The fourth-order valence-corrected chi connectivity index (χ4v) is 15.4. The molecular formula is C88H172O17P2. The van der Waals surface area contributed by atoms with Gasteiger partial charge in [0.2, 0.25) is 0 Å². The second-order valence-corrected chi connectivity index (χ2v) is 34.8. The van der Waals surface area contributed by atoms with Crippen LogP contribution >= 0.6 is 15.6 Å². The fraction of sp³-hybridized carbons (Fsp3) is 0.955. The molecule has 0 aliphatic rings. The summed E-state index contributed by atoms with van der Waals surface area (Å²) in [4.78, 5) is 73.3. The molecule has 0 aliphatic heterocycles. The van der Waals surface area contributed by atoms with Crippen molar-refractivity contribution in [2.75, 3.05) is 39.6 Å². The number of esters is 4. The van der Waals surface area contributed by atoms with Crippen molar-refractivity contribution in [3.8, 4) is 0 Å². The number of aliphatic hydroxyl groups excluding tert-OH is 1. The van der Waals surface area contributed by atoms with E-state index in [0.717, 1.165) is 95.8 Å². The fourth-order valence-electron chi connectivity index (χ4n) is 13.8. The molecule has 0 aromatic heterocycles. The van der Waals surface area contributed by atoms with Crippen LogP contribution < -0.4 is 0 Å². The van der Waals surface area contributed by atoms with E-state index in [1.807, 2.05) is 0 Å². The van der Waals surface area contributed by atoms with Crippen molar-refractivity contribution in [2.45, 2.75) is 496 Å². The Bertz CT molecular complexity index is 2030. The van der Waals surface area contributed by atoms with Crippen molar-refractivity contribution in [1.82, 2.24) is 0 Å². The van der Waals surface area contributed by atoms with Crippen LogP contribution in [0.1, 0.15) is 478 Å². The van der Waals surface area contributed by atoms with Crippen molar-refractivity contribution >= 4 is 39.5 Å². The molecular weight excluding hydrogens is 1390 g/mol. The summed E-state index contributed by atoms with van der Waals surface area (Å²) in [5, 5.41) is 10.7. The third-order valence-corrected chi connectivity index (χ3v) is 23.0. The van der Waals surface area contributed by atoms with Gasteiger partial charge in [0.1, 0.15) is 19.3 Å². The average Bonchev–Trinajstić information content (AvgIpc) is 0.898. The molecule has 6 atom stereocenters. The topological polar surface area (TPSA) is 237 Å². The Morgan fingerprint density at radius 2 is 0.449 bits per heavy atom. The third kappa shape index (κ3) is 80.5. The van der Waals surface area contributed by atoms with Gasteiger partial charge < -0.3 is 33.8 Å². The summed E-state index contributed by atoms with van der Waals surface area (Å²) in [6.45, 7) is 7.39. The van der Waals surface area contributed by atoms with Crippen molar-refractivity contribution in [3.05, 3.63) is 0 Å². The number of carbonyl (C=O) groups excluding carboxylic acids is 4. The molecule has 0 rings (SSSR count). The van der Waals surface area contributed by atoms with E-state index in [-0.39, 0.29) is 25.7 Å². The van der Waals surface area contributed by atoms with Crippen molar-refractivity contribution in [3.63, 3.8) is 0 Å². The van der Waals surface area contributed by atoms with Gasteiger partial charge in [0.05, 0.1) is 26.4 Å². The quantitative estimate of drug-likeness (QED) is 0.0222. The minimum atomic E-state index is -4.97. The first kappa shape index (κ1) is 105. The zero-order chi connectivity index (χ0) is 78.3. The second-order valence-electron chi connectivity index (χ2n) is 31.9. The predicted molar refractivity (Wildman–Crippen MR) is 442 cm³/mol. The van der Waals surface area contributed by atoms with Crippen LogP contribution in [0.4, 0.5) is 0 Å². The highest BCUT2D eigenvalue weighted by Gasteiger charge is 2.30. The van der Waals surface area contributed by atoms with E-state index in [9.17, 15) is 43.2 Å². The van der Waals surface area contributed by atoms with Gasteiger partial charge in [0.15, 0.2) is 12.2 Å². The Morgan fingerprint density at radius 1 is 0.262 bits per heavy atom. The van der Waals surface area contributed by atoms with Gasteiger partial charge in [-0.2, -0.15) is 0 Å². The van der Waals surface area contributed by atoms with Gasteiger partial charge in [-0.25, -0.2) is 9.13 Å². The molecule has 3 N–H and O–H groups in total. The maximum atomic E-state index is 13.2. The number of phosphoric ester groups is 2. The molecule has 636 valence electrons. The number of phosphoric acid groups is 2.